The summed E-state index contributed by atoms with van der Waals surface area (Å²) in [4.78, 5) is 0. The van der Waals surface area contributed by atoms with Gasteiger partial charge in [0, 0.05) is 0 Å². The molecule has 4 heteroatoms. The summed E-state index contributed by atoms with van der Waals surface area (Å²) in [6.07, 6.45) is -2.25. The van der Waals surface area contributed by atoms with Crippen molar-refractivity contribution in [3.63, 3.8) is 0 Å². The number of hydrogen-bond donors (Lipinski definition) is 0. The van der Waals surface area contributed by atoms with E-state index in [0.717, 1.165) is 0 Å². The molecule has 10 heavy (non-hydrogen) atoms. The van der Waals surface area contributed by atoms with Crippen LogP contribution in [0.2, 0.25) is 0 Å². The molecule has 0 radical (unpaired) electrons. The first kappa shape index (κ1) is 14.1. The van der Waals surface area contributed by atoms with Gasteiger partial charge in [0.1, 0.15) is 0 Å². The molecule has 0 aliphatic heterocycles. The first-order chi connectivity index (χ1) is 3.89. The van der Waals surface area contributed by atoms with Crippen LogP contribution in [-0.4, -0.2) is 11.3 Å². The van der Waals surface area contributed by atoms with Gasteiger partial charge in [-0.2, -0.15) is 0 Å². The third-order valence-electron chi connectivity index (χ3n) is 1.44. The standard InChI is InChI=1S/C6H15OPS.Na/c1-5(2)8(7,9)6(3)4;/h5-6H,1-4H3,(H,7,9);/q;+1/p-1. The molecule has 0 aliphatic rings. The van der Waals surface area contributed by atoms with Crippen LogP contribution >= 0.6 is 6.34 Å². The second-order valence-corrected chi connectivity index (χ2v) is 7.90. The Balaban J connectivity index is 0. The Morgan fingerprint density at radius 2 is 1.30 bits per heavy atom. The van der Waals surface area contributed by atoms with Gasteiger partial charge in [-0.05, 0) is 17.7 Å². The SMILES string of the molecule is CC(C)P(=O)([S-])C(C)C.[Na+]. The largest absolute Gasteiger partial charge is 1.00 e. The van der Waals surface area contributed by atoms with Gasteiger partial charge < -0.3 is 16.8 Å². The molecule has 0 N–H and O–H groups in total. The van der Waals surface area contributed by atoms with E-state index in [1.54, 1.807) is 0 Å². The summed E-state index contributed by atoms with van der Waals surface area (Å²) in [5.74, 6) is 0. The van der Waals surface area contributed by atoms with Crippen LogP contribution in [0.5, 0.6) is 0 Å². The molecule has 0 amide bonds. The molecule has 0 aromatic carbocycles. The van der Waals surface area contributed by atoms with Crippen LogP contribution in [0.15, 0.2) is 0 Å². The van der Waals surface area contributed by atoms with E-state index in [0.29, 0.717) is 0 Å². The number of rotatable bonds is 2. The zero-order valence-corrected chi connectivity index (χ0v) is 11.1. The molecule has 0 saturated carbocycles. The fraction of sp³-hybridized carbons (Fsp3) is 1.00. The van der Waals surface area contributed by atoms with E-state index in [4.69, 9.17) is 12.2 Å². The van der Waals surface area contributed by atoms with Crippen LogP contribution in [0.1, 0.15) is 27.7 Å². The van der Waals surface area contributed by atoms with Gasteiger partial charge in [0.15, 0.2) is 0 Å². The maximum atomic E-state index is 11.4. The predicted molar refractivity (Wildman–Crippen MR) is 45.2 cm³/mol. The fourth-order valence-corrected chi connectivity index (χ4v) is 1.79. The molecule has 0 heterocycles. The molecule has 0 unspecified atom stereocenters. The topological polar surface area (TPSA) is 17.1 Å². The van der Waals surface area contributed by atoms with Crippen molar-refractivity contribution in [2.24, 2.45) is 0 Å². The molecule has 0 atom stereocenters. The molecule has 0 aromatic rings. The van der Waals surface area contributed by atoms with Gasteiger partial charge in [-0.25, -0.2) is 0 Å². The average molecular weight is 188 g/mol. The van der Waals surface area contributed by atoms with Crippen molar-refractivity contribution in [1.82, 2.24) is 0 Å². The van der Waals surface area contributed by atoms with Crippen molar-refractivity contribution in [2.45, 2.75) is 39.0 Å². The minimum absolute atomic E-state index is 0. The summed E-state index contributed by atoms with van der Waals surface area (Å²) < 4.78 is 11.4. The van der Waals surface area contributed by atoms with E-state index in [1.807, 2.05) is 27.7 Å². The zero-order valence-electron chi connectivity index (χ0n) is 7.42. The van der Waals surface area contributed by atoms with E-state index in [-0.39, 0.29) is 40.9 Å². The van der Waals surface area contributed by atoms with Crippen molar-refractivity contribution in [1.29, 1.82) is 0 Å². The third kappa shape index (κ3) is 3.82. The van der Waals surface area contributed by atoms with Gasteiger partial charge in [0.25, 0.3) is 0 Å². The first-order valence-corrected chi connectivity index (χ1v) is 6.05. The van der Waals surface area contributed by atoms with Crippen LogP contribution in [0.3, 0.4) is 0 Å². The Morgan fingerprint density at radius 1 is 1.10 bits per heavy atom. The smallest absolute Gasteiger partial charge is 0.717 e. The Bertz CT molecular complexity index is 124. The summed E-state index contributed by atoms with van der Waals surface area (Å²) in [7, 11) is 0. The van der Waals surface area contributed by atoms with Gasteiger partial charge in [0.2, 0.25) is 0 Å². The van der Waals surface area contributed by atoms with Crippen LogP contribution in [0, 0.1) is 0 Å². The van der Waals surface area contributed by atoms with Crippen molar-refractivity contribution < 1.29 is 34.1 Å². The molecule has 0 rings (SSSR count). The maximum Gasteiger partial charge on any atom is 1.00 e. The molecule has 0 saturated heterocycles. The predicted octanol–water partition coefficient (Wildman–Crippen LogP) is -0.368. The monoisotopic (exact) mass is 188 g/mol. The average Bonchev–Trinajstić information content (AvgIpc) is 1.65. The van der Waals surface area contributed by atoms with E-state index >= 15 is 0 Å². The van der Waals surface area contributed by atoms with Crippen LogP contribution in [-0.2, 0) is 16.8 Å². The van der Waals surface area contributed by atoms with E-state index in [2.05, 4.69) is 0 Å². The molecule has 0 aliphatic carbocycles. The molecule has 0 spiro atoms. The van der Waals surface area contributed by atoms with E-state index in [9.17, 15) is 4.57 Å². The summed E-state index contributed by atoms with van der Waals surface area (Å²) >= 11 is 4.95. The Morgan fingerprint density at radius 3 is 1.30 bits per heavy atom. The minimum atomic E-state index is -2.25. The van der Waals surface area contributed by atoms with Crippen molar-refractivity contribution in [3.8, 4) is 0 Å². The van der Waals surface area contributed by atoms with Crippen LogP contribution in [0.25, 0.3) is 0 Å². The zero-order chi connectivity index (χ0) is 7.65. The molecule has 0 fully saturated rings. The van der Waals surface area contributed by atoms with Gasteiger partial charge in [-0.15, -0.1) is 0 Å². The molecule has 0 bridgehead atoms. The van der Waals surface area contributed by atoms with Crippen LogP contribution in [0.4, 0.5) is 0 Å². The molecular weight excluding hydrogens is 174 g/mol. The van der Waals surface area contributed by atoms with Crippen molar-refractivity contribution >= 4 is 18.6 Å². The van der Waals surface area contributed by atoms with E-state index in [1.165, 1.54) is 0 Å². The second-order valence-electron chi connectivity index (χ2n) is 2.83. The molecule has 56 valence electrons. The van der Waals surface area contributed by atoms with Crippen molar-refractivity contribution in [3.05, 3.63) is 0 Å². The minimum Gasteiger partial charge on any atom is -0.717 e. The van der Waals surface area contributed by atoms with Gasteiger partial charge in [-0.1, -0.05) is 27.7 Å². The fourth-order valence-electron chi connectivity index (χ4n) is 0.596. The molecular formula is C6H14NaOPS. The quantitative estimate of drug-likeness (QED) is 0.334. The summed E-state index contributed by atoms with van der Waals surface area (Å²) in [5, 5.41) is 0. The summed E-state index contributed by atoms with van der Waals surface area (Å²) in [6.45, 7) is 7.70. The Labute approximate surface area is 91.2 Å². The number of hydrogen-bond acceptors (Lipinski definition) is 2. The summed E-state index contributed by atoms with van der Waals surface area (Å²) in [6, 6.07) is 0. The Hall–Kier alpha value is 1.58. The normalized spacial score (nSPS) is 11.9. The van der Waals surface area contributed by atoms with Gasteiger partial charge in [0.05, 0.1) is 0 Å². The van der Waals surface area contributed by atoms with E-state index < -0.39 is 6.34 Å². The Kier molecular flexibility index (Phi) is 7.44. The molecule has 1 nitrogen and oxygen atoms in total. The van der Waals surface area contributed by atoms with Gasteiger partial charge >= 0.3 is 29.6 Å². The van der Waals surface area contributed by atoms with Crippen LogP contribution < -0.4 is 29.6 Å². The third-order valence-corrected chi connectivity index (χ3v) is 6.85. The molecule has 0 aromatic heterocycles. The summed E-state index contributed by atoms with van der Waals surface area (Å²) in [5.41, 5.74) is 0.319. The van der Waals surface area contributed by atoms with Crippen molar-refractivity contribution in [2.75, 3.05) is 0 Å². The second kappa shape index (κ2) is 5.27. The first-order valence-electron chi connectivity index (χ1n) is 3.19. The maximum absolute atomic E-state index is 11.4. The van der Waals surface area contributed by atoms with Gasteiger partial charge in [-0.3, -0.25) is 0 Å².